The molecule has 0 aromatic heterocycles. The number of carboxylic acids is 1. The highest BCUT2D eigenvalue weighted by Gasteiger charge is 2.29. The molecule has 4 N–H and O–H groups in total. The minimum Gasteiger partial charge on any atom is -0.480 e. The van der Waals surface area contributed by atoms with E-state index in [0.717, 1.165) is 19.4 Å². The first-order chi connectivity index (χ1) is 9.86. The van der Waals surface area contributed by atoms with Crippen LogP contribution in [0.25, 0.3) is 0 Å². The van der Waals surface area contributed by atoms with Crippen molar-refractivity contribution in [2.24, 2.45) is 5.92 Å². The summed E-state index contributed by atoms with van der Waals surface area (Å²) in [6.45, 7) is 5.99. The van der Waals surface area contributed by atoms with Crippen molar-refractivity contribution in [2.45, 2.75) is 58.2 Å². The zero-order valence-electron chi connectivity index (χ0n) is 12.8. The molecule has 1 aliphatic heterocycles. The summed E-state index contributed by atoms with van der Waals surface area (Å²) in [4.78, 5) is 35.1. The molecule has 0 saturated carbocycles. The van der Waals surface area contributed by atoms with E-state index in [0.29, 0.717) is 6.42 Å². The van der Waals surface area contributed by atoms with E-state index in [1.165, 1.54) is 0 Å². The van der Waals surface area contributed by atoms with Crippen molar-refractivity contribution < 1.29 is 19.5 Å². The SMILES string of the molecule is CC[C@H](C)[C@H](NC(=O)[C@H](C)NC(=O)[C@@H]1CCCN1)C(=O)O. The number of aliphatic carboxylic acids is 1. The minimum atomic E-state index is -1.06. The van der Waals surface area contributed by atoms with Gasteiger partial charge in [-0.1, -0.05) is 20.3 Å². The quantitative estimate of drug-likeness (QED) is 0.523. The summed E-state index contributed by atoms with van der Waals surface area (Å²) in [6, 6.07) is -1.96. The van der Waals surface area contributed by atoms with Crippen LogP contribution in [0.5, 0.6) is 0 Å². The molecule has 1 aliphatic rings. The molecule has 120 valence electrons. The molecule has 0 aromatic carbocycles. The molecule has 1 fully saturated rings. The van der Waals surface area contributed by atoms with Crippen LogP contribution in [-0.2, 0) is 14.4 Å². The van der Waals surface area contributed by atoms with Gasteiger partial charge in [-0.3, -0.25) is 9.59 Å². The lowest BCUT2D eigenvalue weighted by atomic mass is 9.99. The van der Waals surface area contributed by atoms with Gasteiger partial charge in [-0.2, -0.15) is 0 Å². The number of hydrogen-bond donors (Lipinski definition) is 4. The van der Waals surface area contributed by atoms with Crippen molar-refractivity contribution in [3.8, 4) is 0 Å². The molecule has 0 radical (unpaired) electrons. The summed E-state index contributed by atoms with van der Waals surface area (Å²) < 4.78 is 0. The molecule has 0 spiro atoms. The number of carbonyl (C=O) groups excluding carboxylic acids is 2. The Morgan fingerprint density at radius 1 is 1.29 bits per heavy atom. The number of rotatable bonds is 7. The van der Waals surface area contributed by atoms with E-state index >= 15 is 0 Å². The van der Waals surface area contributed by atoms with Gasteiger partial charge in [-0.15, -0.1) is 0 Å². The highest BCUT2D eigenvalue weighted by Crippen LogP contribution is 2.08. The molecule has 2 amide bonds. The predicted molar refractivity (Wildman–Crippen MR) is 77.7 cm³/mol. The van der Waals surface area contributed by atoms with Gasteiger partial charge in [0.15, 0.2) is 0 Å². The van der Waals surface area contributed by atoms with Gasteiger partial charge in [0, 0.05) is 0 Å². The first kappa shape index (κ1) is 17.4. The van der Waals surface area contributed by atoms with Crippen LogP contribution < -0.4 is 16.0 Å². The maximum atomic E-state index is 12.0. The molecule has 0 aromatic rings. The van der Waals surface area contributed by atoms with Gasteiger partial charge in [0.25, 0.3) is 0 Å². The monoisotopic (exact) mass is 299 g/mol. The number of nitrogens with one attached hydrogen (secondary N) is 3. The molecule has 21 heavy (non-hydrogen) atoms. The highest BCUT2D eigenvalue weighted by atomic mass is 16.4. The molecule has 0 unspecified atom stereocenters. The predicted octanol–water partition coefficient (Wildman–Crippen LogP) is -0.141. The zero-order chi connectivity index (χ0) is 16.0. The maximum Gasteiger partial charge on any atom is 0.326 e. The normalized spacial score (nSPS) is 22.1. The average Bonchev–Trinajstić information content (AvgIpc) is 2.97. The van der Waals surface area contributed by atoms with Gasteiger partial charge in [-0.25, -0.2) is 4.79 Å². The summed E-state index contributed by atoms with van der Waals surface area (Å²) >= 11 is 0. The molecule has 4 atom stereocenters. The lowest BCUT2D eigenvalue weighted by Gasteiger charge is -2.23. The fraction of sp³-hybridized carbons (Fsp3) is 0.786. The second kappa shape index (κ2) is 7.97. The van der Waals surface area contributed by atoms with E-state index in [4.69, 9.17) is 5.11 Å². The third-order valence-electron chi connectivity index (χ3n) is 3.91. The Hall–Kier alpha value is -1.63. The van der Waals surface area contributed by atoms with E-state index in [1.807, 2.05) is 6.92 Å². The summed E-state index contributed by atoms with van der Waals surface area (Å²) in [6.07, 6.45) is 2.34. The maximum absolute atomic E-state index is 12.0. The van der Waals surface area contributed by atoms with Crippen LogP contribution >= 0.6 is 0 Å². The van der Waals surface area contributed by atoms with Gasteiger partial charge in [0.2, 0.25) is 11.8 Å². The summed E-state index contributed by atoms with van der Waals surface area (Å²) in [5.41, 5.74) is 0. The zero-order valence-corrected chi connectivity index (χ0v) is 12.8. The number of amides is 2. The fourth-order valence-electron chi connectivity index (χ4n) is 2.25. The topological polar surface area (TPSA) is 108 Å². The smallest absolute Gasteiger partial charge is 0.326 e. The molecule has 7 heteroatoms. The third kappa shape index (κ3) is 5.00. The Morgan fingerprint density at radius 2 is 1.95 bits per heavy atom. The van der Waals surface area contributed by atoms with Crippen LogP contribution in [0.4, 0.5) is 0 Å². The lowest BCUT2D eigenvalue weighted by Crippen LogP contribution is -2.54. The lowest BCUT2D eigenvalue weighted by molar-refractivity contribution is -0.143. The van der Waals surface area contributed by atoms with Crippen molar-refractivity contribution in [1.82, 2.24) is 16.0 Å². The van der Waals surface area contributed by atoms with Crippen molar-refractivity contribution >= 4 is 17.8 Å². The average molecular weight is 299 g/mol. The van der Waals surface area contributed by atoms with E-state index in [9.17, 15) is 14.4 Å². The number of carboxylic acid groups (broad SMARTS) is 1. The molecular formula is C14H25N3O4. The van der Waals surface area contributed by atoms with Crippen LogP contribution in [-0.4, -0.2) is 47.6 Å². The fourth-order valence-corrected chi connectivity index (χ4v) is 2.25. The van der Waals surface area contributed by atoms with Gasteiger partial charge >= 0.3 is 5.97 Å². The van der Waals surface area contributed by atoms with E-state index in [1.54, 1.807) is 13.8 Å². The number of hydrogen-bond acceptors (Lipinski definition) is 4. The molecule has 1 heterocycles. The van der Waals surface area contributed by atoms with Crippen LogP contribution in [0.2, 0.25) is 0 Å². The van der Waals surface area contributed by atoms with Gasteiger partial charge in [0.05, 0.1) is 6.04 Å². The molecule has 7 nitrogen and oxygen atoms in total. The van der Waals surface area contributed by atoms with Crippen LogP contribution in [0.3, 0.4) is 0 Å². The van der Waals surface area contributed by atoms with Crippen LogP contribution in [0.15, 0.2) is 0 Å². The summed E-state index contributed by atoms with van der Waals surface area (Å²) in [7, 11) is 0. The first-order valence-corrected chi connectivity index (χ1v) is 7.43. The molecule has 1 rings (SSSR count). The standard InChI is InChI=1S/C14H25N3O4/c1-4-8(2)11(14(20)21)17-12(18)9(3)16-13(19)10-6-5-7-15-10/h8-11,15H,4-7H2,1-3H3,(H,16,19)(H,17,18)(H,20,21)/t8-,9-,10-,11-/m0/s1. The van der Waals surface area contributed by atoms with E-state index in [2.05, 4.69) is 16.0 Å². The second-order valence-electron chi connectivity index (χ2n) is 5.59. The largest absolute Gasteiger partial charge is 0.480 e. The number of carbonyl (C=O) groups is 3. The molecule has 0 bridgehead atoms. The van der Waals surface area contributed by atoms with E-state index in [-0.39, 0.29) is 17.9 Å². The minimum absolute atomic E-state index is 0.175. The van der Waals surface area contributed by atoms with Crippen molar-refractivity contribution in [1.29, 1.82) is 0 Å². The second-order valence-corrected chi connectivity index (χ2v) is 5.59. The first-order valence-electron chi connectivity index (χ1n) is 7.43. The van der Waals surface area contributed by atoms with Gasteiger partial charge in [0.1, 0.15) is 12.1 Å². The molecule has 1 saturated heterocycles. The molecule has 0 aliphatic carbocycles. The Labute approximate surface area is 124 Å². The van der Waals surface area contributed by atoms with Crippen molar-refractivity contribution in [3.05, 3.63) is 0 Å². The highest BCUT2D eigenvalue weighted by molar-refractivity contribution is 5.91. The van der Waals surface area contributed by atoms with Gasteiger partial charge < -0.3 is 21.1 Å². The third-order valence-corrected chi connectivity index (χ3v) is 3.91. The van der Waals surface area contributed by atoms with Crippen molar-refractivity contribution in [2.75, 3.05) is 6.54 Å². The van der Waals surface area contributed by atoms with Crippen molar-refractivity contribution in [3.63, 3.8) is 0 Å². The Balaban J connectivity index is 2.52. The Kier molecular flexibility index (Phi) is 6.61. The van der Waals surface area contributed by atoms with Crippen LogP contribution in [0, 0.1) is 5.92 Å². The van der Waals surface area contributed by atoms with Gasteiger partial charge in [-0.05, 0) is 32.2 Å². The Bertz CT molecular complexity index is 394. The Morgan fingerprint density at radius 3 is 2.43 bits per heavy atom. The summed E-state index contributed by atoms with van der Waals surface area (Å²) in [5.74, 6) is -1.93. The van der Waals surface area contributed by atoms with Crippen LogP contribution in [0.1, 0.15) is 40.0 Å². The van der Waals surface area contributed by atoms with E-state index < -0.39 is 24.0 Å². The molecular weight excluding hydrogens is 274 g/mol. The summed E-state index contributed by atoms with van der Waals surface area (Å²) in [5, 5.41) is 17.3.